The molecule has 2 heteroatoms. The SMILES string of the molecule is COc1cc(C)cc(C)c1C1(O)CCCC1(C)C. The number of methoxy groups -OCH3 is 1. The van der Waals surface area contributed by atoms with E-state index < -0.39 is 5.60 Å². The van der Waals surface area contributed by atoms with E-state index in [1.165, 1.54) is 5.56 Å². The van der Waals surface area contributed by atoms with E-state index >= 15 is 0 Å². The van der Waals surface area contributed by atoms with Gasteiger partial charge in [0.1, 0.15) is 5.75 Å². The third-order valence-electron chi connectivity index (χ3n) is 4.54. The summed E-state index contributed by atoms with van der Waals surface area (Å²) < 4.78 is 5.52. The summed E-state index contributed by atoms with van der Waals surface area (Å²) in [6.07, 6.45) is 2.94. The fourth-order valence-corrected chi connectivity index (χ4v) is 3.41. The first-order chi connectivity index (χ1) is 8.32. The Morgan fingerprint density at radius 1 is 1.17 bits per heavy atom. The topological polar surface area (TPSA) is 29.5 Å². The first-order valence-electron chi connectivity index (χ1n) is 6.70. The van der Waals surface area contributed by atoms with E-state index in [4.69, 9.17) is 4.74 Å². The van der Waals surface area contributed by atoms with Crippen LogP contribution in [0.15, 0.2) is 12.1 Å². The molecule has 1 aromatic carbocycles. The molecule has 1 aromatic rings. The highest BCUT2D eigenvalue weighted by Crippen LogP contribution is 2.55. The summed E-state index contributed by atoms with van der Waals surface area (Å²) in [6, 6.07) is 4.15. The Bertz CT molecular complexity index is 462. The fraction of sp³-hybridized carbons (Fsp3) is 0.625. The molecule has 1 aliphatic rings. The number of benzene rings is 1. The number of rotatable bonds is 2. The van der Waals surface area contributed by atoms with Crippen molar-refractivity contribution in [2.75, 3.05) is 7.11 Å². The molecule has 1 aliphatic carbocycles. The Morgan fingerprint density at radius 2 is 1.83 bits per heavy atom. The maximum absolute atomic E-state index is 11.2. The van der Waals surface area contributed by atoms with Crippen LogP contribution in [-0.2, 0) is 5.60 Å². The van der Waals surface area contributed by atoms with Gasteiger partial charge in [0.15, 0.2) is 0 Å². The quantitative estimate of drug-likeness (QED) is 0.864. The van der Waals surface area contributed by atoms with Crippen LogP contribution in [0.2, 0.25) is 0 Å². The third-order valence-corrected chi connectivity index (χ3v) is 4.54. The first kappa shape index (κ1) is 13.4. The number of ether oxygens (including phenoxy) is 1. The van der Waals surface area contributed by atoms with E-state index in [-0.39, 0.29) is 5.41 Å². The van der Waals surface area contributed by atoms with E-state index in [1.54, 1.807) is 7.11 Å². The second kappa shape index (κ2) is 4.27. The lowest BCUT2D eigenvalue weighted by Gasteiger charge is -2.39. The fourth-order valence-electron chi connectivity index (χ4n) is 3.41. The van der Waals surface area contributed by atoms with Crippen molar-refractivity contribution < 1.29 is 9.84 Å². The molecule has 100 valence electrons. The number of hydrogen-bond donors (Lipinski definition) is 1. The van der Waals surface area contributed by atoms with Crippen molar-refractivity contribution in [1.29, 1.82) is 0 Å². The Kier molecular flexibility index (Phi) is 3.18. The zero-order valence-electron chi connectivity index (χ0n) is 12.1. The van der Waals surface area contributed by atoms with Crippen molar-refractivity contribution in [1.82, 2.24) is 0 Å². The van der Waals surface area contributed by atoms with Crippen molar-refractivity contribution in [2.45, 2.75) is 52.6 Å². The van der Waals surface area contributed by atoms with Crippen LogP contribution in [0.3, 0.4) is 0 Å². The van der Waals surface area contributed by atoms with Gasteiger partial charge in [-0.3, -0.25) is 0 Å². The van der Waals surface area contributed by atoms with Gasteiger partial charge in [0.25, 0.3) is 0 Å². The van der Waals surface area contributed by atoms with Crippen LogP contribution in [0.1, 0.15) is 49.8 Å². The highest BCUT2D eigenvalue weighted by atomic mass is 16.5. The van der Waals surface area contributed by atoms with Crippen molar-refractivity contribution in [2.24, 2.45) is 5.41 Å². The van der Waals surface area contributed by atoms with Gasteiger partial charge in [-0.25, -0.2) is 0 Å². The van der Waals surface area contributed by atoms with Crippen LogP contribution >= 0.6 is 0 Å². The number of aliphatic hydroxyl groups is 1. The lowest BCUT2D eigenvalue weighted by molar-refractivity contribution is -0.0506. The van der Waals surface area contributed by atoms with E-state index in [1.807, 2.05) is 6.07 Å². The Morgan fingerprint density at radius 3 is 2.33 bits per heavy atom. The molecule has 0 saturated heterocycles. The van der Waals surface area contributed by atoms with Gasteiger partial charge in [-0.15, -0.1) is 0 Å². The van der Waals surface area contributed by atoms with Gasteiger partial charge in [-0.2, -0.15) is 0 Å². The molecule has 1 unspecified atom stereocenters. The molecule has 0 heterocycles. The molecule has 2 nitrogen and oxygen atoms in total. The Labute approximate surface area is 110 Å². The van der Waals surface area contributed by atoms with Gasteiger partial charge < -0.3 is 9.84 Å². The number of aryl methyl sites for hydroxylation is 2. The van der Waals surface area contributed by atoms with Crippen molar-refractivity contribution in [3.63, 3.8) is 0 Å². The van der Waals surface area contributed by atoms with Crippen LogP contribution < -0.4 is 4.74 Å². The molecule has 0 bridgehead atoms. The summed E-state index contributed by atoms with van der Waals surface area (Å²) >= 11 is 0. The molecule has 0 aromatic heterocycles. The lowest BCUT2D eigenvalue weighted by atomic mass is 9.72. The van der Waals surface area contributed by atoms with Crippen molar-refractivity contribution in [3.05, 3.63) is 28.8 Å². The van der Waals surface area contributed by atoms with Gasteiger partial charge in [-0.1, -0.05) is 19.9 Å². The van der Waals surface area contributed by atoms with Gasteiger partial charge in [0.2, 0.25) is 0 Å². The molecule has 0 aliphatic heterocycles. The lowest BCUT2D eigenvalue weighted by Crippen LogP contribution is -2.38. The van der Waals surface area contributed by atoms with Gasteiger partial charge >= 0.3 is 0 Å². The molecule has 1 atom stereocenters. The van der Waals surface area contributed by atoms with E-state index in [2.05, 4.69) is 33.8 Å². The van der Waals surface area contributed by atoms with Crippen LogP contribution in [0.4, 0.5) is 0 Å². The van der Waals surface area contributed by atoms with E-state index in [0.29, 0.717) is 0 Å². The third kappa shape index (κ3) is 1.83. The molecule has 1 saturated carbocycles. The second-order valence-electron chi connectivity index (χ2n) is 6.26. The minimum absolute atomic E-state index is 0.0969. The molecule has 2 rings (SSSR count). The maximum Gasteiger partial charge on any atom is 0.125 e. The molecule has 18 heavy (non-hydrogen) atoms. The first-order valence-corrected chi connectivity index (χ1v) is 6.70. The summed E-state index contributed by atoms with van der Waals surface area (Å²) in [5.74, 6) is 0.824. The van der Waals surface area contributed by atoms with Gasteiger partial charge in [0.05, 0.1) is 12.7 Å². The molecular formula is C16H24O2. The summed E-state index contributed by atoms with van der Waals surface area (Å²) in [5.41, 5.74) is 2.42. The normalized spacial score (nSPS) is 26.3. The number of hydrogen-bond acceptors (Lipinski definition) is 2. The van der Waals surface area contributed by atoms with Crippen LogP contribution in [0.5, 0.6) is 5.75 Å². The highest BCUT2D eigenvalue weighted by Gasteiger charge is 2.50. The monoisotopic (exact) mass is 248 g/mol. The smallest absolute Gasteiger partial charge is 0.125 e. The predicted octanol–water partition coefficient (Wildman–Crippen LogP) is 3.71. The average molecular weight is 248 g/mol. The maximum atomic E-state index is 11.2. The van der Waals surface area contributed by atoms with E-state index in [0.717, 1.165) is 36.1 Å². The Balaban J connectivity index is 2.64. The van der Waals surface area contributed by atoms with Gasteiger partial charge in [0, 0.05) is 5.56 Å². The second-order valence-corrected chi connectivity index (χ2v) is 6.26. The molecule has 1 N–H and O–H groups in total. The van der Waals surface area contributed by atoms with Crippen LogP contribution in [0, 0.1) is 19.3 Å². The molecular weight excluding hydrogens is 224 g/mol. The zero-order valence-corrected chi connectivity index (χ0v) is 12.1. The minimum atomic E-state index is -0.768. The van der Waals surface area contributed by atoms with Crippen molar-refractivity contribution in [3.8, 4) is 5.75 Å². The summed E-state index contributed by atoms with van der Waals surface area (Å²) in [5, 5.41) is 11.2. The zero-order chi connectivity index (χ0) is 13.6. The van der Waals surface area contributed by atoms with Gasteiger partial charge in [-0.05, 0) is 55.7 Å². The Hall–Kier alpha value is -1.02. The van der Waals surface area contributed by atoms with Crippen LogP contribution in [-0.4, -0.2) is 12.2 Å². The summed E-state index contributed by atoms with van der Waals surface area (Å²) in [4.78, 5) is 0. The molecule has 0 amide bonds. The van der Waals surface area contributed by atoms with E-state index in [9.17, 15) is 5.11 Å². The molecule has 0 radical (unpaired) electrons. The largest absolute Gasteiger partial charge is 0.496 e. The standard InChI is InChI=1S/C16H24O2/c1-11-9-12(2)14(13(10-11)18-5)16(17)8-6-7-15(16,3)4/h9-10,17H,6-8H2,1-5H3. The van der Waals surface area contributed by atoms with Crippen LogP contribution in [0.25, 0.3) is 0 Å². The summed E-state index contributed by atoms with van der Waals surface area (Å²) in [7, 11) is 1.68. The molecule has 1 fully saturated rings. The van der Waals surface area contributed by atoms with Crippen molar-refractivity contribution >= 4 is 0 Å². The predicted molar refractivity (Wildman–Crippen MR) is 74.0 cm³/mol. The molecule has 0 spiro atoms. The minimum Gasteiger partial charge on any atom is -0.496 e. The summed E-state index contributed by atoms with van der Waals surface area (Å²) in [6.45, 7) is 8.43. The average Bonchev–Trinajstić information content (AvgIpc) is 2.52. The highest BCUT2D eigenvalue weighted by molar-refractivity contribution is 5.48.